The summed E-state index contributed by atoms with van der Waals surface area (Å²) in [5, 5.41) is 3.53. The van der Waals surface area contributed by atoms with E-state index in [0.717, 1.165) is 38.3 Å². The summed E-state index contributed by atoms with van der Waals surface area (Å²) in [7, 11) is 0. The predicted octanol–water partition coefficient (Wildman–Crippen LogP) is 2.97. The molecule has 2 nitrogen and oxygen atoms in total. The largest absolute Gasteiger partial charge is 0.374 e. The quantitative estimate of drug-likeness (QED) is 0.717. The normalized spacial score (nSPS) is 30.8. The minimum absolute atomic E-state index is 0.0329. The number of ether oxygens (including phenoxy) is 1. The fourth-order valence-corrected chi connectivity index (χ4v) is 3.19. The van der Waals surface area contributed by atoms with E-state index in [1.54, 1.807) is 0 Å². The summed E-state index contributed by atoms with van der Waals surface area (Å²) in [6.07, 6.45) is 11.1. The molecular weight excluding hydrogens is 210 g/mol. The first-order valence-corrected chi connectivity index (χ1v) is 6.99. The van der Waals surface area contributed by atoms with E-state index < -0.39 is 0 Å². The molecule has 1 saturated carbocycles. The van der Waals surface area contributed by atoms with Crippen LogP contribution in [0.15, 0.2) is 0 Å². The molecule has 98 valence electrons. The van der Waals surface area contributed by atoms with E-state index >= 15 is 0 Å². The highest BCUT2D eigenvalue weighted by Gasteiger charge is 2.41. The first kappa shape index (κ1) is 14.5. The van der Waals surface area contributed by atoms with Crippen molar-refractivity contribution in [3.8, 4) is 12.3 Å². The van der Waals surface area contributed by atoms with E-state index in [9.17, 15) is 0 Å². The van der Waals surface area contributed by atoms with Crippen LogP contribution in [0.5, 0.6) is 0 Å². The summed E-state index contributed by atoms with van der Waals surface area (Å²) in [5.74, 6) is 3.55. The minimum atomic E-state index is -0.0329. The summed E-state index contributed by atoms with van der Waals surface area (Å²) >= 11 is 0. The standard InChI is InChI=1S/C15H27NO/c1-5-9-14(16-6-2)15(17-7-3)11-8-10-13(4)12-15/h1,13-14,16H,6-12H2,2-4H3. The van der Waals surface area contributed by atoms with Crippen molar-refractivity contribution < 1.29 is 4.74 Å². The third kappa shape index (κ3) is 3.72. The molecule has 1 N–H and O–H groups in total. The van der Waals surface area contributed by atoms with E-state index in [1.165, 1.54) is 12.8 Å². The predicted molar refractivity (Wildman–Crippen MR) is 72.9 cm³/mol. The third-order valence-corrected chi connectivity index (χ3v) is 3.83. The first-order chi connectivity index (χ1) is 8.18. The van der Waals surface area contributed by atoms with E-state index in [4.69, 9.17) is 11.2 Å². The SMILES string of the molecule is C#CCC(NCC)C1(OCC)CCCC(C)C1. The molecule has 0 bridgehead atoms. The molecular formula is C15H27NO. The van der Waals surface area contributed by atoms with Crippen LogP contribution < -0.4 is 5.32 Å². The number of terminal acetylenes is 1. The molecule has 0 aromatic heterocycles. The topological polar surface area (TPSA) is 21.3 Å². The maximum Gasteiger partial charge on any atom is 0.0846 e. The molecule has 0 aliphatic heterocycles. The molecule has 0 saturated heterocycles. The molecule has 0 heterocycles. The average molecular weight is 237 g/mol. The molecule has 0 amide bonds. The van der Waals surface area contributed by atoms with Crippen molar-refractivity contribution in [3.63, 3.8) is 0 Å². The average Bonchev–Trinajstić information content (AvgIpc) is 2.29. The zero-order valence-electron chi connectivity index (χ0n) is 11.6. The van der Waals surface area contributed by atoms with Gasteiger partial charge in [0.2, 0.25) is 0 Å². The molecule has 17 heavy (non-hydrogen) atoms. The highest BCUT2D eigenvalue weighted by molar-refractivity contribution is 5.02. The molecule has 3 unspecified atom stereocenters. The van der Waals surface area contributed by atoms with Crippen molar-refractivity contribution in [2.45, 2.75) is 64.5 Å². The molecule has 1 fully saturated rings. The Bertz CT molecular complexity index is 254. The molecule has 0 aromatic carbocycles. The Balaban J connectivity index is 2.82. The Labute approximate surface area is 107 Å². The zero-order chi connectivity index (χ0) is 12.7. The van der Waals surface area contributed by atoms with Crippen LogP contribution >= 0.6 is 0 Å². The molecule has 1 aliphatic rings. The van der Waals surface area contributed by atoms with Gasteiger partial charge in [0, 0.05) is 19.1 Å². The number of rotatable bonds is 6. The highest BCUT2D eigenvalue weighted by Crippen LogP contribution is 2.38. The van der Waals surface area contributed by atoms with Gasteiger partial charge in [-0.05, 0) is 32.2 Å². The molecule has 0 aromatic rings. The number of nitrogens with one attached hydrogen (secondary N) is 1. The van der Waals surface area contributed by atoms with Gasteiger partial charge < -0.3 is 10.1 Å². The van der Waals surface area contributed by atoms with Crippen molar-refractivity contribution in [2.75, 3.05) is 13.2 Å². The Hall–Kier alpha value is -0.520. The number of hydrogen-bond donors (Lipinski definition) is 1. The van der Waals surface area contributed by atoms with Crippen LogP contribution in [0.1, 0.15) is 52.9 Å². The molecule has 1 aliphatic carbocycles. The van der Waals surface area contributed by atoms with Crippen LogP contribution in [0.25, 0.3) is 0 Å². The van der Waals surface area contributed by atoms with E-state index in [2.05, 4.69) is 32.0 Å². The van der Waals surface area contributed by atoms with Crippen LogP contribution in [0.2, 0.25) is 0 Å². The van der Waals surface area contributed by atoms with Gasteiger partial charge in [-0.2, -0.15) is 0 Å². The van der Waals surface area contributed by atoms with Gasteiger partial charge in [0.15, 0.2) is 0 Å². The maximum absolute atomic E-state index is 6.15. The van der Waals surface area contributed by atoms with Gasteiger partial charge in [-0.3, -0.25) is 0 Å². The lowest BCUT2D eigenvalue weighted by atomic mass is 9.73. The molecule has 1 rings (SSSR count). The van der Waals surface area contributed by atoms with Crippen LogP contribution in [0.3, 0.4) is 0 Å². The highest BCUT2D eigenvalue weighted by atomic mass is 16.5. The fourth-order valence-electron chi connectivity index (χ4n) is 3.19. The van der Waals surface area contributed by atoms with Crippen molar-refractivity contribution in [3.05, 3.63) is 0 Å². The van der Waals surface area contributed by atoms with Gasteiger partial charge >= 0.3 is 0 Å². The Morgan fingerprint density at radius 1 is 1.53 bits per heavy atom. The number of hydrogen-bond acceptors (Lipinski definition) is 2. The van der Waals surface area contributed by atoms with Crippen molar-refractivity contribution in [1.82, 2.24) is 5.32 Å². The van der Waals surface area contributed by atoms with Crippen molar-refractivity contribution in [2.24, 2.45) is 5.92 Å². The number of likely N-dealkylation sites (N-methyl/N-ethyl adjacent to an activating group) is 1. The Kier molecular flexibility index (Phi) is 6.02. The lowest BCUT2D eigenvalue weighted by molar-refractivity contribution is -0.0989. The van der Waals surface area contributed by atoms with Gasteiger partial charge in [0.25, 0.3) is 0 Å². The van der Waals surface area contributed by atoms with Crippen molar-refractivity contribution in [1.29, 1.82) is 0 Å². The molecule has 3 atom stereocenters. The van der Waals surface area contributed by atoms with Crippen molar-refractivity contribution >= 4 is 0 Å². The Morgan fingerprint density at radius 2 is 2.29 bits per heavy atom. The van der Waals surface area contributed by atoms with Gasteiger partial charge in [0.05, 0.1) is 5.60 Å². The van der Waals surface area contributed by atoms with Crippen LogP contribution in [0, 0.1) is 18.3 Å². The van der Waals surface area contributed by atoms with Gasteiger partial charge in [-0.15, -0.1) is 12.3 Å². The van der Waals surface area contributed by atoms with Crippen LogP contribution in [-0.2, 0) is 4.74 Å². The summed E-state index contributed by atoms with van der Waals surface area (Å²) in [6, 6.07) is 0.306. The summed E-state index contributed by atoms with van der Waals surface area (Å²) < 4.78 is 6.15. The van der Waals surface area contributed by atoms with E-state index in [0.29, 0.717) is 6.04 Å². The molecule has 2 heteroatoms. The minimum Gasteiger partial charge on any atom is -0.374 e. The van der Waals surface area contributed by atoms with Crippen LogP contribution in [0.4, 0.5) is 0 Å². The fraction of sp³-hybridized carbons (Fsp3) is 0.867. The van der Waals surface area contributed by atoms with Gasteiger partial charge in [0.1, 0.15) is 0 Å². The lowest BCUT2D eigenvalue weighted by Gasteiger charge is -2.45. The Morgan fingerprint density at radius 3 is 2.82 bits per heavy atom. The van der Waals surface area contributed by atoms with Gasteiger partial charge in [-0.25, -0.2) is 0 Å². The van der Waals surface area contributed by atoms with E-state index in [1.807, 2.05) is 0 Å². The summed E-state index contributed by atoms with van der Waals surface area (Å²) in [6.45, 7) is 8.27. The second-order valence-corrected chi connectivity index (χ2v) is 5.22. The monoisotopic (exact) mass is 237 g/mol. The maximum atomic E-state index is 6.15. The van der Waals surface area contributed by atoms with Crippen LogP contribution in [-0.4, -0.2) is 24.8 Å². The van der Waals surface area contributed by atoms with E-state index in [-0.39, 0.29) is 5.60 Å². The smallest absolute Gasteiger partial charge is 0.0846 e. The zero-order valence-corrected chi connectivity index (χ0v) is 11.6. The lowest BCUT2D eigenvalue weighted by Crippen LogP contribution is -2.54. The van der Waals surface area contributed by atoms with Gasteiger partial charge in [-0.1, -0.05) is 26.7 Å². The third-order valence-electron chi connectivity index (χ3n) is 3.83. The molecule has 0 spiro atoms. The summed E-state index contributed by atoms with van der Waals surface area (Å²) in [4.78, 5) is 0. The molecule has 0 radical (unpaired) electrons. The second kappa shape index (κ2) is 7.03. The summed E-state index contributed by atoms with van der Waals surface area (Å²) in [5.41, 5.74) is -0.0329. The second-order valence-electron chi connectivity index (χ2n) is 5.22. The first-order valence-electron chi connectivity index (χ1n) is 6.99.